The molecule has 0 bridgehead atoms. The smallest absolute Gasteiger partial charge is 0.160 e. The Labute approximate surface area is 137 Å². The molecule has 122 valence electrons. The summed E-state index contributed by atoms with van der Waals surface area (Å²) < 4.78 is 21.2. The van der Waals surface area contributed by atoms with Gasteiger partial charge in [0.05, 0.1) is 28.4 Å². The maximum absolute atomic E-state index is 5.39. The van der Waals surface area contributed by atoms with Crippen molar-refractivity contribution in [1.82, 2.24) is 0 Å². The molecule has 0 atom stereocenters. The second kappa shape index (κ2) is 8.13. The molecule has 23 heavy (non-hydrogen) atoms. The van der Waals surface area contributed by atoms with Gasteiger partial charge in [0, 0.05) is 11.6 Å². The van der Waals surface area contributed by atoms with Gasteiger partial charge < -0.3 is 18.9 Å². The van der Waals surface area contributed by atoms with Crippen molar-refractivity contribution in [3.05, 3.63) is 53.6 Å². The molecule has 0 unspecified atom stereocenters. The van der Waals surface area contributed by atoms with Crippen molar-refractivity contribution in [2.75, 3.05) is 28.4 Å². The van der Waals surface area contributed by atoms with E-state index in [0.717, 1.165) is 40.5 Å². The van der Waals surface area contributed by atoms with Crippen LogP contribution in [0.3, 0.4) is 0 Å². The van der Waals surface area contributed by atoms with E-state index < -0.39 is 0 Å². The minimum atomic E-state index is 0.733. The summed E-state index contributed by atoms with van der Waals surface area (Å²) in [6, 6.07) is 11.7. The molecular formula is C19H22O4. The number of allylic oxidation sites excluding steroid dienone is 1. The van der Waals surface area contributed by atoms with Crippen molar-refractivity contribution in [3.63, 3.8) is 0 Å². The van der Waals surface area contributed by atoms with Crippen molar-refractivity contribution < 1.29 is 18.9 Å². The summed E-state index contributed by atoms with van der Waals surface area (Å²) in [4.78, 5) is 0. The lowest BCUT2D eigenvalue weighted by Crippen LogP contribution is -1.92. The first-order chi connectivity index (χ1) is 11.2. The number of ether oxygens (including phenoxy) is 4. The van der Waals surface area contributed by atoms with E-state index in [1.165, 1.54) is 0 Å². The zero-order valence-electron chi connectivity index (χ0n) is 14.0. The van der Waals surface area contributed by atoms with Crippen LogP contribution in [0.1, 0.15) is 11.1 Å². The van der Waals surface area contributed by atoms with Gasteiger partial charge in [0.1, 0.15) is 11.5 Å². The Morgan fingerprint density at radius 1 is 0.739 bits per heavy atom. The summed E-state index contributed by atoms with van der Waals surface area (Å²) in [5.74, 6) is 3.03. The van der Waals surface area contributed by atoms with Crippen LogP contribution in [0.5, 0.6) is 23.0 Å². The van der Waals surface area contributed by atoms with E-state index in [2.05, 4.69) is 6.08 Å². The Morgan fingerprint density at radius 2 is 1.48 bits per heavy atom. The number of rotatable bonds is 7. The Bertz CT molecular complexity index is 677. The van der Waals surface area contributed by atoms with Gasteiger partial charge in [-0.3, -0.25) is 0 Å². The first-order valence-corrected chi connectivity index (χ1v) is 7.31. The van der Waals surface area contributed by atoms with Gasteiger partial charge in [-0.15, -0.1) is 0 Å². The number of methoxy groups -OCH3 is 4. The van der Waals surface area contributed by atoms with Crippen LogP contribution in [0, 0.1) is 0 Å². The molecule has 0 aliphatic rings. The van der Waals surface area contributed by atoms with Crippen molar-refractivity contribution in [1.29, 1.82) is 0 Å². The molecular weight excluding hydrogens is 292 g/mol. The van der Waals surface area contributed by atoms with Crippen molar-refractivity contribution >= 4 is 6.08 Å². The third-order valence-corrected chi connectivity index (χ3v) is 3.54. The second-order valence-electron chi connectivity index (χ2n) is 4.90. The van der Waals surface area contributed by atoms with Crippen LogP contribution in [0.25, 0.3) is 6.08 Å². The highest BCUT2D eigenvalue weighted by Gasteiger charge is 2.04. The number of benzene rings is 2. The lowest BCUT2D eigenvalue weighted by atomic mass is 10.1. The molecule has 0 aromatic heterocycles. The lowest BCUT2D eigenvalue weighted by Gasteiger charge is -2.09. The number of hydrogen-bond donors (Lipinski definition) is 0. The summed E-state index contributed by atoms with van der Waals surface area (Å²) in [5.41, 5.74) is 2.15. The first kappa shape index (κ1) is 16.7. The quantitative estimate of drug-likeness (QED) is 0.775. The Kier molecular flexibility index (Phi) is 5.92. The minimum absolute atomic E-state index is 0.733. The molecule has 4 nitrogen and oxygen atoms in total. The molecule has 0 heterocycles. The minimum Gasteiger partial charge on any atom is -0.497 e. The maximum Gasteiger partial charge on any atom is 0.160 e. The highest BCUT2D eigenvalue weighted by atomic mass is 16.5. The van der Waals surface area contributed by atoms with E-state index in [1.54, 1.807) is 28.4 Å². The molecule has 0 saturated heterocycles. The Balaban J connectivity index is 2.13. The monoisotopic (exact) mass is 314 g/mol. The normalized spacial score (nSPS) is 10.6. The molecule has 0 radical (unpaired) electrons. The lowest BCUT2D eigenvalue weighted by molar-refractivity contribution is 0.354. The molecule has 0 amide bonds. The third-order valence-electron chi connectivity index (χ3n) is 3.54. The molecule has 2 rings (SSSR count). The Hall–Kier alpha value is -2.62. The molecule has 0 N–H and O–H groups in total. The fourth-order valence-electron chi connectivity index (χ4n) is 2.29. The summed E-state index contributed by atoms with van der Waals surface area (Å²) in [5, 5.41) is 0. The van der Waals surface area contributed by atoms with Crippen LogP contribution < -0.4 is 18.9 Å². The average Bonchev–Trinajstić information content (AvgIpc) is 2.61. The summed E-state index contributed by atoms with van der Waals surface area (Å²) in [7, 11) is 6.56. The predicted octanol–water partition coefficient (Wildman–Crippen LogP) is 3.98. The van der Waals surface area contributed by atoms with E-state index in [4.69, 9.17) is 18.9 Å². The van der Waals surface area contributed by atoms with Crippen LogP contribution in [0.2, 0.25) is 0 Å². The topological polar surface area (TPSA) is 36.9 Å². The zero-order chi connectivity index (χ0) is 16.7. The van der Waals surface area contributed by atoms with Crippen molar-refractivity contribution in [2.45, 2.75) is 6.42 Å². The van der Waals surface area contributed by atoms with Crippen LogP contribution in [-0.4, -0.2) is 28.4 Å². The van der Waals surface area contributed by atoms with E-state index >= 15 is 0 Å². The van der Waals surface area contributed by atoms with E-state index in [1.807, 2.05) is 42.5 Å². The summed E-state index contributed by atoms with van der Waals surface area (Å²) >= 11 is 0. The highest BCUT2D eigenvalue weighted by Crippen LogP contribution is 2.28. The molecule has 2 aromatic carbocycles. The van der Waals surface area contributed by atoms with Gasteiger partial charge in [0.25, 0.3) is 0 Å². The highest BCUT2D eigenvalue weighted by molar-refractivity contribution is 5.59. The van der Waals surface area contributed by atoms with E-state index in [-0.39, 0.29) is 0 Å². The van der Waals surface area contributed by atoms with Crippen molar-refractivity contribution in [2.24, 2.45) is 0 Å². The maximum atomic E-state index is 5.39. The third kappa shape index (κ3) is 4.19. The number of hydrogen-bond acceptors (Lipinski definition) is 4. The largest absolute Gasteiger partial charge is 0.497 e. The fraction of sp³-hybridized carbons (Fsp3) is 0.263. The average molecular weight is 314 g/mol. The van der Waals surface area contributed by atoms with Crippen LogP contribution >= 0.6 is 0 Å². The predicted molar refractivity (Wildman–Crippen MR) is 91.8 cm³/mol. The van der Waals surface area contributed by atoms with Crippen LogP contribution in [0.15, 0.2) is 42.5 Å². The van der Waals surface area contributed by atoms with Crippen LogP contribution in [-0.2, 0) is 6.42 Å². The van der Waals surface area contributed by atoms with Crippen LogP contribution in [0.4, 0.5) is 0 Å². The Morgan fingerprint density at radius 3 is 2.13 bits per heavy atom. The summed E-state index contributed by atoms with van der Waals surface area (Å²) in [6.07, 6.45) is 4.91. The molecule has 2 aromatic rings. The molecule has 4 heteroatoms. The van der Waals surface area contributed by atoms with E-state index in [9.17, 15) is 0 Å². The zero-order valence-corrected chi connectivity index (χ0v) is 14.0. The van der Waals surface area contributed by atoms with Gasteiger partial charge in [-0.25, -0.2) is 0 Å². The molecule has 0 saturated carbocycles. The van der Waals surface area contributed by atoms with Gasteiger partial charge in [0.15, 0.2) is 11.5 Å². The van der Waals surface area contributed by atoms with E-state index in [0.29, 0.717) is 0 Å². The van der Waals surface area contributed by atoms with Gasteiger partial charge in [-0.1, -0.05) is 18.2 Å². The first-order valence-electron chi connectivity index (χ1n) is 7.31. The van der Waals surface area contributed by atoms with Gasteiger partial charge >= 0.3 is 0 Å². The standard InChI is InChI=1S/C19H22O4/c1-20-16-10-9-15(18(13-16)22-3)7-5-6-14-8-11-17(21-2)19(12-14)23-4/h5,7-13H,6H2,1-4H3. The summed E-state index contributed by atoms with van der Waals surface area (Å²) in [6.45, 7) is 0. The second-order valence-corrected chi connectivity index (χ2v) is 4.90. The molecule has 0 fully saturated rings. The molecule has 0 spiro atoms. The van der Waals surface area contributed by atoms with Crippen molar-refractivity contribution in [3.8, 4) is 23.0 Å². The van der Waals surface area contributed by atoms with Gasteiger partial charge in [-0.2, -0.15) is 0 Å². The SMILES string of the molecule is COc1ccc(C=CCc2ccc(OC)c(OC)c2)c(OC)c1. The molecule has 0 aliphatic carbocycles. The molecule has 0 aliphatic heterocycles. The van der Waals surface area contributed by atoms with Gasteiger partial charge in [0.2, 0.25) is 0 Å². The fourth-order valence-corrected chi connectivity index (χ4v) is 2.29. The van der Waals surface area contributed by atoms with Gasteiger partial charge in [-0.05, 0) is 36.2 Å².